The third-order valence-electron chi connectivity index (χ3n) is 9.10. The maximum atomic E-state index is 13.2. The molecule has 1 fully saturated rings. The summed E-state index contributed by atoms with van der Waals surface area (Å²) in [6.07, 6.45) is 7.72. The zero-order valence-corrected chi connectivity index (χ0v) is 30.8. The van der Waals surface area contributed by atoms with Crippen LogP contribution >= 0.6 is 11.6 Å². The average molecular weight is 755 g/mol. The molecule has 1 aliphatic rings. The van der Waals surface area contributed by atoms with Gasteiger partial charge in [-0.2, -0.15) is 0 Å². The molecule has 6 heterocycles. The second kappa shape index (κ2) is 13.2. The predicted molar refractivity (Wildman–Crippen MR) is 199 cm³/mol. The Labute approximate surface area is 306 Å². The Morgan fingerprint density at radius 3 is 1.65 bits per heavy atom. The van der Waals surface area contributed by atoms with Crippen LogP contribution in [0.3, 0.4) is 0 Å². The van der Waals surface area contributed by atoms with E-state index in [-0.39, 0.29) is 15.1 Å². The lowest BCUT2D eigenvalue weighted by Crippen LogP contribution is -2.41. The van der Waals surface area contributed by atoms with E-state index in [1.807, 2.05) is 33.8 Å². The minimum Gasteiger partial charge on any atom is -0.399 e. The van der Waals surface area contributed by atoms with Crippen LogP contribution in [0.4, 0.5) is 0 Å². The summed E-state index contributed by atoms with van der Waals surface area (Å²) in [6, 6.07) is 25.3. The van der Waals surface area contributed by atoms with E-state index in [0.29, 0.717) is 38.8 Å². The maximum absolute atomic E-state index is 13.2. The van der Waals surface area contributed by atoms with Gasteiger partial charge in [0.05, 0.1) is 26.7 Å². The highest BCUT2D eigenvalue weighted by Crippen LogP contribution is 2.37. The molecule has 0 unspecified atom stereocenters. The average Bonchev–Trinajstić information content (AvgIpc) is 3.79. The van der Waals surface area contributed by atoms with E-state index in [0.717, 1.165) is 0 Å². The number of benzene rings is 2. The number of nitrogens with zero attached hydrogens (tertiary/aromatic N) is 6. The molecule has 7 aromatic rings. The topological polar surface area (TPSA) is 148 Å². The van der Waals surface area contributed by atoms with Gasteiger partial charge in [-0.15, -0.1) is 0 Å². The van der Waals surface area contributed by atoms with Crippen LogP contribution in [-0.4, -0.2) is 63.0 Å². The first kappa shape index (κ1) is 35.5. The predicted octanol–water partition coefficient (Wildman–Crippen LogP) is 5.96. The Hall–Kier alpha value is -4.93. The molecule has 1 aliphatic heterocycles. The van der Waals surface area contributed by atoms with Gasteiger partial charge in [-0.25, -0.2) is 44.7 Å². The van der Waals surface area contributed by atoms with Crippen molar-refractivity contribution in [2.45, 2.75) is 48.7 Å². The van der Waals surface area contributed by atoms with Gasteiger partial charge in [-0.1, -0.05) is 36.4 Å². The molecular formula is C36H32BClN6O6S2. The Morgan fingerprint density at radius 1 is 0.615 bits per heavy atom. The van der Waals surface area contributed by atoms with Crippen LogP contribution in [0.5, 0.6) is 0 Å². The van der Waals surface area contributed by atoms with Crippen molar-refractivity contribution < 1.29 is 26.1 Å². The highest BCUT2D eigenvalue weighted by molar-refractivity contribution is 7.90. The molecule has 16 heteroatoms. The van der Waals surface area contributed by atoms with Crippen molar-refractivity contribution in [1.29, 1.82) is 0 Å². The van der Waals surface area contributed by atoms with E-state index in [1.165, 1.54) is 20.3 Å². The molecule has 1 saturated heterocycles. The fourth-order valence-corrected chi connectivity index (χ4v) is 8.56. The Balaban J connectivity index is 0.000000162. The SMILES string of the molecule is CC1(C)OB(c2cn(S(=O)(=O)c3ccccc3)c3ncccc23)OC1(C)C.O=S(=O)(c1ccccc1)n1cc(-c2ccnc(Cl)n2)c2cccnc21. The highest BCUT2D eigenvalue weighted by atomic mass is 35.5. The van der Waals surface area contributed by atoms with E-state index in [1.54, 1.807) is 104 Å². The molecule has 0 radical (unpaired) electrons. The van der Waals surface area contributed by atoms with E-state index < -0.39 is 38.4 Å². The second-order valence-corrected chi connectivity index (χ2v) is 16.9. The lowest BCUT2D eigenvalue weighted by Gasteiger charge is -2.32. The van der Waals surface area contributed by atoms with Crippen molar-refractivity contribution in [3.8, 4) is 11.3 Å². The minimum absolute atomic E-state index is 0.0909. The molecule has 12 nitrogen and oxygen atoms in total. The minimum atomic E-state index is -3.79. The first-order valence-electron chi connectivity index (χ1n) is 16.1. The molecule has 8 rings (SSSR count). The van der Waals surface area contributed by atoms with Crippen molar-refractivity contribution >= 4 is 66.3 Å². The fraction of sp³-hybridized carbons (Fsp3) is 0.167. The van der Waals surface area contributed by atoms with Crippen molar-refractivity contribution in [3.63, 3.8) is 0 Å². The number of fused-ring (bicyclic) bond motifs is 2. The summed E-state index contributed by atoms with van der Waals surface area (Å²) in [6.45, 7) is 7.85. The Morgan fingerprint density at radius 2 is 1.12 bits per heavy atom. The molecule has 0 bridgehead atoms. The summed E-state index contributed by atoms with van der Waals surface area (Å²) >= 11 is 5.88. The molecule has 5 aromatic heterocycles. The molecule has 2 aromatic carbocycles. The highest BCUT2D eigenvalue weighted by Gasteiger charge is 2.52. The molecule has 0 N–H and O–H groups in total. The quantitative estimate of drug-likeness (QED) is 0.147. The van der Waals surface area contributed by atoms with Gasteiger partial charge in [0.25, 0.3) is 20.0 Å². The largest absolute Gasteiger partial charge is 0.497 e. The summed E-state index contributed by atoms with van der Waals surface area (Å²) in [5.74, 6) is 0. The molecule has 0 saturated carbocycles. The van der Waals surface area contributed by atoms with Crippen LogP contribution in [-0.2, 0) is 29.4 Å². The van der Waals surface area contributed by atoms with E-state index in [4.69, 9.17) is 20.9 Å². The normalized spacial score (nSPS) is 15.4. The summed E-state index contributed by atoms with van der Waals surface area (Å²) in [5, 5.41) is 1.44. The van der Waals surface area contributed by atoms with Gasteiger partial charge in [0.2, 0.25) is 5.28 Å². The number of pyridine rings is 2. The lowest BCUT2D eigenvalue weighted by atomic mass is 9.79. The molecular weight excluding hydrogens is 723 g/mol. The monoisotopic (exact) mass is 754 g/mol. The van der Waals surface area contributed by atoms with E-state index in [9.17, 15) is 16.8 Å². The molecule has 0 atom stereocenters. The van der Waals surface area contributed by atoms with Crippen LogP contribution in [0.1, 0.15) is 27.7 Å². The van der Waals surface area contributed by atoms with Crippen LogP contribution < -0.4 is 5.46 Å². The van der Waals surface area contributed by atoms with Crippen LogP contribution in [0.15, 0.2) is 132 Å². The zero-order chi connectivity index (χ0) is 36.9. The molecule has 0 aliphatic carbocycles. The van der Waals surface area contributed by atoms with Gasteiger partial charge in [0, 0.05) is 52.8 Å². The first-order chi connectivity index (χ1) is 24.7. The fourth-order valence-electron chi connectivity index (χ4n) is 5.71. The first-order valence-corrected chi connectivity index (χ1v) is 19.3. The standard InChI is InChI=1S/C19H21BN2O4S.C17H11ClN4O2S/c1-18(2)19(3,4)26-20(25-18)16-13-22(17-15(16)11-8-12-21-17)27(23,24)14-9-6-5-7-10-14;18-17-20-10-8-15(21-17)14-11-22(16-13(14)7-4-9-19-16)25(23,24)12-5-2-1-3-6-12/h5-13H,1-4H3;1-11H. The summed E-state index contributed by atoms with van der Waals surface area (Å²) in [4.78, 5) is 17.0. The number of hydrogen-bond acceptors (Lipinski definition) is 10. The van der Waals surface area contributed by atoms with Gasteiger partial charge < -0.3 is 9.31 Å². The molecule has 264 valence electrons. The van der Waals surface area contributed by atoms with Gasteiger partial charge in [0.15, 0.2) is 11.3 Å². The number of rotatable bonds is 6. The number of aromatic nitrogens is 6. The number of halogens is 1. The van der Waals surface area contributed by atoms with Crippen molar-refractivity contribution in [3.05, 3.63) is 127 Å². The van der Waals surface area contributed by atoms with Gasteiger partial charge in [-0.3, -0.25) is 0 Å². The zero-order valence-electron chi connectivity index (χ0n) is 28.5. The third-order valence-corrected chi connectivity index (χ3v) is 12.6. The number of hydrogen-bond donors (Lipinski definition) is 0. The molecule has 52 heavy (non-hydrogen) atoms. The van der Waals surface area contributed by atoms with Crippen molar-refractivity contribution in [2.75, 3.05) is 0 Å². The molecule has 0 spiro atoms. The van der Waals surface area contributed by atoms with Gasteiger partial charge in [0.1, 0.15) is 0 Å². The summed E-state index contributed by atoms with van der Waals surface area (Å²) in [5.41, 5.74) is 1.43. The van der Waals surface area contributed by atoms with Crippen LogP contribution in [0.25, 0.3) is 33.3 Å². The van der Waals surface area contributed by atoms with E-state index in [2.05, 4.69) is 19.9 Å². The van der Waals surface area contributed by atoms with Gasteiger partial charge in [-0.05, 0) is 93.9 Å². The maximum Gasteiger partial charge on any atom is 0.497 e. The second-order valence-electron chi connectivity index (χ2n) is 12.9. The smallest absolute Gasteiger partial charge is 0.399 e. The van der Waals surface area contributed by atoms with Gasteiger partial charge >= 0.3 is 7.12 Å². The Bertz CT molecular complexity index is 2640. The Kier molecular flexibility index (Phi) is 9.04. The summed E-state index contributed by atoms with van der Waals surface area (Å²) in [7, 11) is -8.25. The van der Waals surface area contributed by atoms with E-state index >= 15 is 0 Å². The van der Waals surface area contributed by atoms with Crippen molar-refractivity contribution in [2.24, 2.45) is 0 Å². The van der Waals surface area contributed by atoms with Crippen LogP contribution in [0.2, 0.25) is 5.28 Å². The lowest BCUT2D eigenvalue weighted by molar-refractivity contribution is 0.00578. The third kappa shape index (κ3) is 6.28. The van der Waals surface area contributed by atoms with Crippen LogP contribution in [0, 0.1) is 0 Å². The van der Waals surface area contributed by atoms with Crippen molar-refractivity contribution in [1.82, 2.24) is 27.9 Å². The molecule has 0 amide bonds. The summed E-state index contributed by atoms with van der Waals surface area (Å²) < 4.78 is 67.0.